The van der Waals surface area contributed by atoms with Crippen LogP contribution in [0.4, 0.5) is 0 Å². The highest BCUT2D eigenvalue weighted by Gasteiger charge is 2.35. The van der Waals surface area contributed by atoms with E-state index in [0.717, 1.165) is 12.3 Å². The first kappa shape index (κ1) is 15.7. The van der Waals surface area contributed by atoms with Crippen molar-refractivity contribution in [3.8, 4) is 0 Å². The van der Waals surface area contributed by atoms with Crippen LogP contribution in [0.15, 0.2) is 0 Å². The second-order valence-corrected chi connectivity index (χ2v) is 6.24. The van der Waals surface area contributed by atoms with Crippen molar-refractivity contribution in [1.82, 2.24) is 0 Å². The smallest absolute Gasteiger partial charge is 0.291 e. The van der Waals surface area contributed by atoms with Crippen LogP contribution >= 0.6 is 0 Å². The average Bonchev–Trinajstić information content (AvgIpc) is 2.44. The fraction of sp³-hybridized carbons (Fsp3) is 0.933. The molecule has 1 rings (SSSR count). The van der Waals surface area contributed by atoms with Crippen LogP contribution in [0.5, 0.6) is 0 Å². The summed E-state index contributed by atoms with van der Waals surface area (Å²) in [5.41, 5.74) is 0.492. The van der Waals surface area contributed by atoms with Gasteiger partial charge in [-0.05, 0) is 37.0 Å². The van der Waals surface area contributed by atoms with Crippen LogP contribution in [-0.4, -0.2) is 16.5 Å². The maximum atomic E-state index is 11.3. The van der Waals surface area contributed by atoms with E-state index in [4.69, 9.17) is 4.43 Å². The zero-order valence-corrected chi connectivity index (χ0v) is 14.5. The Hall–Kier alpha value is -0.313. The summed E-state index contributed by atoms with van der Waals surface area (Å²) < 4.78 is 4.88. The summed E-state index contributed by atoms with van der Waals surface area (Å²) >= 11 is 0. The highest BCUT2D eigenvalue weighted by Crippen LogP contribution is 2.46. The lowest BCUT2D eigenvalue weighted by atomic mass is 9.63. The molecule has 0 aromatic heterocycles. The monoisotopic (exact) mass is 270 g/mol. The summed E-state index contributed by atoms with van der Waals surface area (Å²) in [7, 11) is 0.539. The van der Waals surface area contributed by atoms with E-state index in [2.05, 4.69) is 13.8 Å². The average molecular weight is 270 g/mol. The molecule has 0 N–H and O–H groups in total. The molecule has 0 atom stereocenters. The maximum Gasteiger partial charge on any atom is 0.291 e. The first-order valence-corrected chi connectivity index (χ1v) is 8.57. The van der Waals surface area contributed by atoms with E-state index in [1.807, 2.05) is 0 Å². The second-order valence-electron chi connectivity index (χ2n) is 5.83. The van der Waals surface area contributed by atoms with E-state index in [9.17, 15) is 4.79 Å². The molecular formula is C15H30O2Si. The van der Waals surface area contributed by atoms with Crippen molar-refractivity contribution < 1.29 is 9.22 Å². The Labute approximate surface area is 115 Å². The van der Waals surface area contributed by atoms with Gasteiger partial charge in [0, 0.05) is 6.42 Å². The van der Waals surface area contributed by atoms with Crippen molar-refractivity contribution in [3.05, 3.63) is 0 Å². The van der Waals surface area contributed by atoms with Gasteiger partial charge in [-0.3, -0.25) is 4.79 Å². The summed E-state index contributed by atoms with van der Waals surface area (Å²) in [5.74, 6) is 0.902. The van der Waals surface area contributed by atoms with Gasteiger partial charge in [0.1, 0.15) is 0 Å². The zero-order valence-electron chi connectivity index (χ0n) is 12.5. The summed E-state index contributed by atoms with van der Waals surface area (Å²) in [5, 5.41) is 0. The van der Waals surface area contributed by atoms with Crippen molar-refractivity contribution in [1.29, 1.82) is 0 Å². The molecule has 0 aromatic rings. The number of carbonyl (C=O) groups is 1. The first-order chi connectivity index (χ1) is 8.68. The van der Waals surface area contributed by atoms with Crippen molar-refractivity contribution in [2.75, 3.05) is 0 Å². The SMILES string of the molecule is CCC(CC)(CCCC(=O)O[SiH3])C1CCCCC1. The topological polar surface area (TPSA) is 26.3 Å². The Morgan fingerprint density at radius 1 is 1.22 bits per heavy atom. The standard InChI is InChI=1S/C15H30O2Si/c1-3-15(4-2,12-8-11-14(16)17-18)13-9-6-5-7-10-13/h13H,3-12H2,1-2,18H3. The van der Waals surface area contributed by atoms with Gasteiger partial charge in [-0.2, -0.15) is 0 Å². The van der Waals surface area contributed by atoms with Gasteiger partial charge in [0.25, 0.3) is 5.97 Å². The minimum atomic E-state index is 0.00594. The molecule has 0 aromatic carbocycles. The van der Waals surface area contributed by atoms with Crippen molar-refractivity contribution in [2.45, 2.75) is 78.1 Å². The molecule has 3 heteroatoms. The van der Waals surface area contributed by atoms with Crippen LogP contribution in [0.25, 0.3) is 0 Å². The molecule has 2 nitrogen and oxygen atoms in total. The maximum absolute atomic E-state index is 11.3. The third-order valence-corrected chi connectivity index (χ3v) is 5.62. The van der Waals surface area contributed by atoms with Gasteiger partial charge in [0.05, 0.1) is 0 Å². The molecule has 0 unspecified atom stereocenters. The summed E-state index contributed by atoms with van der Waals surface area (Å²) in [6.07, 6.45) is 12.4. The Balaban J connectivity index is 2.52. The van der Waals surface area contributed by atoms with E-state index in [1.165, 1.54) is 51.4 Å². The van der Waals surface area contributed by atoms with Crippen molar-refractivity contribution in [2.24, 2.45) is 11.3 Å². The Bertz CT molecular complexity index is 243. The fourth-order valence-electron chi connectivity index (χ4n) is 3.79. The van der Waals surface area contributed by atoms with Crippen molar-refractivity contribution >= 4 is 16.5 Å². The van der Waals surface area contributed by atoms with E-state index in [1.54, 1.807) is 0 Å². The molecule has 0 spiro atoms. The highest BCUT2D eigenvalue weighted by atomic mass is 28.2. The molecule has 0 bridgehead atoms. The van der Waals surface area contributed by atoms with Crippen LogP contribution in [0.2, 0.25) is 0 Å². The normalized spacial score (nSPS) is 17.9. The van der Waals surface area contributed by atoms with Gasteiger partial charge < -0.3 is 4.43 Å². The molecule has 106 valence electrons. The largest absolute Gasteiger partial charge is 0.529 e. The Morgan fingerprint density at radius 2 is 1.83 bits per heavy atom. The number of carbonyl (C=O) groups excluding carboxylic acids is 1. The zero-order chi connectivity index (χ0) is 13.4. The molecule has 0 heterocycles. The lowest BCUT2D eigenvalue weighted by Gasteiger charge is -2.42. The van der Waals surface area contributed by atoms with Crippen LogP contribution in [0, 0.1) is 11.3 Å². The van der Waals surface area contributed by atoms with Gasteiger partial charge in [0.2, 0.25) is 10.5 Å². The predicted octanol–water partition coefficient (Wildman–Crippen LogP) is 3.37. The molecule has 1 aliphatic rings. The molecule has 0 amide bonds. The second kappa shape index (κ2) is 7.98. The number of rotatable bonds is 7. The lowest BCUT2D eigenvalue weighted by molar-refractivity contribution is -0.134. The quantitative estimate of drug-likeness (QED) is 0.663. The third kappa shape index (κ3) is 4.11. The van der Waals surface area contributed by atoms with E-state index in [-0.39, 0.29) is 5.97 Å². The van der Waals surface area contributed by atoms with Gasteiger partial charge in [-0.1, -0.05) is 46.0 Å². The number of hydrogen-bond donors (Lipinski definition) is 0. The lowest BCUT2D eigenvalue weighted by Crippen LogP contribution is -2.31. The molecule has 0 saturated heterocycles. The van der Waals surface area contributed by atoms with Gasteiger partial charge in [-0.25, -0.2) is 0 Å². The molecule has 0 radical (unpaired) electrons. The van der Waals surface area contributed by atoms with Crippen LogP contribution in [0.1, 0.15) is 78.1 Å². The highest BCUT2D eigenvalue weighted by molar-refractivity contribution is 6.05. The molecule has 1 fully saturated rings. The van der Waals surface area contributed by atoms with Gasteiger partial charge in [0.15, 0.2) is 0 Å². The fourth-order valence-corrected chi connectivity index (χ4v) is 3.99. The third-order valence-electron chi connectivity index (χ3n) is 5.16. The van der Waals surface area contributed by atoms with Crippen LogP contribution < -0.4 is 0 Å². The van der Waals surface area contributed by atoms with Crippen LogP contribution in [0.3, 0.4) is 0 Å². The minimum absolute atomic E-state index is 0.00594. The van der Waals surface area contributed by atoms with Crippen molar-refractivity contribution in [3.63, 3.8) is 0 Å². The molecule has 18 heavy (non-hydrogen) atoms. The molecule has 1 aliphatic carbocycles. The van der Waals surface area contributed by atoms with E-state index in [0.29, 0.717) is 22.3 Å². The van der Waals surface area contributed by atoms with Gasteiger partial charge in [-0.15, -0.1) is 0 Å². The summed E-state index contributed by atoms with van der Waals surface area (Å²) in [4.78, 5) is 11.3. The summed E-state index contributed by atoms with van der Waals surface area (Å²) in [6.45, 7) is 4.67. The number of hydrogen-bond acceptors (Lipinski definition) is 2. The molecule has 1 saturated carbocycles. The summed E-state index contributed by atoms with van der Waals surface area (Å²) in [6, 6.07) is 0. The predicted molar refractivity (Wildman–Crippen MR) is 79.5 cm³/mol. The molecule has 0 aliphatic heterocycles. The van der Waals surface area contributed by atoms with E-state index < -0.39 is 0 Å². The van der Waals surface area contributed by atoms with Gasteiger partial charge >= 0.3 is 0 Å². The Morgan fingerprint density at radius 3 is 2.33 bits per heavy atom. The van der Waals surface area contributed by atoms with Crippen LogP contribution in [-0.2, 0) is 9.22 Å². The molecular weight excluding hydrogens is 240 g/mol. The first-order valence-electron chi connectivity index (χ1n) is 7.75. The van der Waals surface area contributed by atoms with E-state index >= 15 is 0 Å². The minimum Gasteiger partial charge on any atom is -0.529 e. The Kier molecular flexibility index (Phi) is 6.98.